The molecule has 1 atom stereocenters. The summed E-state index contributed by atoms with van der Waals surface area (Å²) < 4.78 is 5.19. The number of aromatic nitrogens is 1. The maximum absolute atomic E-state index is 12.9. The Hall–Kier alpha value is -1.67. The predicted molar refractivity (Wildman–Crippen MR) is 110 cm³/mol. The Balaban J connectivity index is 0.00000210. The van der Waals surface area contributed by atoms with Crippen molar-refractivity contribution in [2.45, 2.75) is 12.5 Å². The van der Waals surface area contributed by atoms with Crippen LogP contribution in [0.5, 0.6) is 5.75 Å². The zero-order chi connectivity index (χ0) is 17.9. The lowest BCUT2D eigenvalue weighted by molar-refractivity contribution is 0.0778. The number of hydrogen-bond acceptors (Lipinski definition) is 6. The Kier molecular flexibility index (Phi) is 6.70. The van der Waals surface area contributed by atoms with Gasteiger partial charge in [-0.25, -0.2) is 4.98 Å². The van der Waals surface area contributed by atoms with Crippen molar-refractivity contribution in [1.29, 1.82) is 0 Å². The van der Waals surface area contributed by atoms with Crippen molar-refractivity contribution in [3.05, 3.63) is 35.3 Å². The van der Waals surface area contributed by atoms with Crippen LogP contribution in [0.1, 0.15) is 16.1 Å². The molecule has 1 aromatic carbocycles. The van der Waals surface area contributed by atoms with E-state index < -0.39 is 0 Å². The second-order valence-corrected chi connectivity index (χ2v) is 7.77. The van der Waals surface area contributed by atoms with Gasteiger partial charge in [0.15, 0.2) is 0 Å². The highest BCUT2D eigenvalue weighted by Crippen LogP contribution is 2.28. The molecule has 8 heteroatoms. The SMILES string of the molecule is COc1ccc(-c2ncc(C(=O)N3CCC(N4CCNCC4)C3)s2)cc1.Cl. The van der Waals surface area contributed by atoms with Crippen molar-refractivity contribution >= 4 is 29.7 Å². The van der Waals surface area contributed by atoms with Crippen LogP contribution in [-0.4, -0.2) is 73.1 Å². The standard InChI is InChI=1S/C19H24N4O2S.ClH/c1-25-16-4-2-14(3-5-16)18-21-12-17(26-18)19(24)23-9-6-15(13-23)22-10-7-20-8-11-22;/h2-5,12,15,20H,6-11,13H2,1H3;1H. The van der Waals surface area contributed by atoms with Crippen LogP contribution in [0.4, 0.5) is 0 Å². The smallest absolute Gasteiger partial charge is 0.265 e. The van der Waals surface area contributed by atoms with Gasteiger partial charge in [-0.2, -0.15) is 0 Å². The molecule has 6 nitrogen and oxygen atoms in total. The minimum Gasteiger partial charge on any atom is -0.497 e. The quantitative estimate of drug-likeness (QED) is 0.841. The molecule has 1 amide bonds. The highest BCUT2D eigenvalue weighted by Gasteiger charge is 2.32. The number of nitrogens with one attached hydrogen (secondary N) is 1. The first-order valence-electron chi connectivity index (χ1n) is 9.09. The van der Waals surface area contributed by atoms with Crippen molar-refractivity contribution in [3.8, 4) is 16.3 Å². The molecule has 0 radical (unpaired) electrons. The summed E-state index contributed by atoms with van der Waals surface area (Å²) in [6.45, 7) is 5.91. The lowest BCUT2D eigenvalue weighted by Gasteiger charge is -2.32. The Labute approximate surface area is 169 Å². The van der Waals surface area contributed by atoms with E-state index in [1.54, 1.807) is 13.3 Å². The Bertz CT molecular complexity index is 761. The number of benzene rings is 1. The van der Waals surface area contributed by atoms with E-state index in [0.717, 1.165) is 66.9 Å². The lowest BCUT2D eigenvalue weighted by atomic mass is 10.2. The molecule has 27 heavy (non-hydrogen) atoms. The Morgan fingerprint density at radius 2 is 1.96 bits per heavy atom. The topological polar surface area (TPSA) is 57.7 Å². The number of carbonyl (C=O) groups excluding carboxylic acids is 1. The molecule has 1 N–H and O–H groups in total. The minimum absolute atomic E-state index is 0. The van der Waals surface area contributed by atoms with Gasteiger partial charge in [-0.1, -0.05) is 0 Å². The summed E-state index contributed by atoms with van der Waals surface area (Å²) in [6, 6.07) is 8.27. The largest absolute Gasteiger partial charge is 0.497 e. The molecule has 0 aliphatic carbocycles. The number of thiazole rings is 1. The number of amides is 1. The number of likely N-dealkylation sites (tertiary alicyclic amines) is 1. The molecule has 2 aliphatic heterocycles. The van der Waals surface area contributed by atoms with Gasteiger partial charge in [0.25, 0.3) is 5.91 Å². The molecule has 146 valence electrons. The summed E-state index contributed by atoms with van der Waals surface area (Å²) in [5, 5.41) is 4.26. The molecule has 4 rings (SSSR count). The van der Waals surface area contributed by atoms with E-state index in [4.69, 9.17) is 4.74 Å². The van der Waals surface area contributed by atoms with Crippen molar-refractivity contribution in [2.24, 2.45) is 0 Å². The highest BCUT2D eigenvalue weighted by atomic mass is 35.5. The van der Waals surface area contributed by atoms with Gasteiger partial charge < -0.3 is 15.0 Å². The lowest BCUT2D eigenvalue weighted by Crippen LogP contribution is -2.49. The number of ether oxygens (including phenoxy) is 1. The third-order valence-corrected chi connectivity index (χ3v) is 6.21. The van der Waals surface area contributed by atoms with Crippen molar-refractivity contribution in [2.75, 3.05) is 46.4 Å². The zero-order valence-electron chi connectivity index (χ0n) is 15.4. The molecule has 1 unspecified atom stereocenters. The summed E-state index contributed by atoms with van der Waals surface area (Å²) in [6.07, 6.45) is 2.78. The number of halogens is 1. The normalized spacial score (nSPS) is 20.3. The van der Waals surface area contributed by atoms with E-state index in [0.29, 0.717) is 6.04 Å². The summed E-state index contributed by atoms with van der Waals surface area (Å²) >= 11 is 1.46. The first-order valence-corrected chi connectivity index (χ1v) is 9.90. The fourth-order valence-corrected chi connectivity index (χ4v) is 4.56. The number of carbonyl (C=O) groups is 1. The van der Waals surface area contributed by atoms with E-state index in [1.165, 1.54) is 11.3 Å². The average molecular weight is 409 g/mol. The maximum Gasteiger partial charge on any atom is 0.265 e. The predicted octanol–water partition coefficient (Wildman–Crippen LogP) is 2.36. The molecule has 0 spiro atoms. The summed E-state index contributed by atoms with van der Waals surface area (Å²) in [5.74, 6) is 0.928. The summed E-state index contributed by atoms with van der Waals surface area (Å²) in [7, 11) is 1.65. The molecule has 3 heterocycles. The third-order valence-electron chi connectivity index (χ3n) is 5.17. The van der Waals surface area contributed by atoms with Gasteiger partial charge in [0.05, 0.1) is 13.3 Å². The molecule has 0 saturated carbocycles. The average Bonchev–Trinajstić information content (AvgIpc) is 3.38. The van der Waals surface area contributed by atoms with E-state index >= 15 is 0 Å². The van der Waals surface area contributed by atoms with Crippen LogP contribution in [-0.2, 0) is 0 Å². The van der Waals surface area contributed by atoms with Crippen molar-refractivity contribution < 1.29 is 9.53 Å². The van der Waals surface area contributed by atoms with Crippen LogP contribution in [0, 0.1) is 0 Å². The third kappa shape index (κ3) is 4.43. The number of hydrogen-bond donors (Lipinski definition) is 1. The molecule has 0 bridgehead atoms. The highest BCUT2D eigenvalue weighted by molar-refractivity contribution is 7.16. The van der Waals surface area contributed by atoms with Gasteiger partial charge in [-0.3, -0.25) is 9.69 Å². The first kappa shape index (κ1) is 20.1. The fraction of sp³-hybridized carbons (Fsp3) is 0.474. The molecule has 2 fully saturated rings. The number of methoxy groups -OCH3 is 1. The minimum atomic E-state index is 0. The molecular weight excluding hydrogens is 384 g/mol. The number of nitrogens with zero attached hydrogens (tertiary/aromatic N) is 3. The van der Waals surface area contributed by atoms with E-state index in [2.05, 4.69) is 15.2 Å². The van der Waals surface area contributed by atoms with E-state index in [-0.39, 0.29) is 18.3 Å². The van der Waals surface area contributed by atoms with Gasteiger partial charge in [0.1, 0.15) is 15.6 Å². The fourth-order valence-electron chi connectivity index (χ4n) is 3.67. The number of piperazine rings is 1. The van der Waals surface area contributed by atoms with Crippen LogP contribution < -0.4 is 10.1 Å². The van der Waals surface area contributed by atoms with E-state index in [9.17, 15) is 4.79 Å². The molecule has 2 aliphatic rings. The second kappa shape index (κ2) is 9.01. The molecule has 1 aromatic heterocycles. The maximum atomic E-state index is 12.9. The van der Waals surface area contributed by atoms with E-state index in [1.807, 2.05) is 29.2 Å². The molecular formula is C19H25ClN4O2S. The van der Waals surface area contributed by atoms with Gasteiger partial charge in [0.2, 0.25) is 0 Å². The van der Waals surface area contributed by atoms with Gasteiger partial charge >= 0.3 is 0 Å². The second-order valence-electron chi connectivity index (χ2n) is 6.74. The van der Waals surface area contributed by atoms with Crippen molar-refractivity contribution in [1.82, 2.24) is 20.1 Å². The molecule has 2 saturated heterocycles. The monoisotopic (exact) mass is 408 g/mol. The Morgan fingerprint density at radius 1 is 1.22 bits per heavy atom. The van der Waals surface area contributed by atoms with Gasteiger partial charge in [-0.05, 0) is 30.7 Å². The van der Waals surface area contributed by atoms with Crippen LogP contribution in [0.25, 0.3) is 10.6 Å². The van der Waals surface area contributed by atoms with Crippen LogP contribution in [0.15, 0.2) is 30.5 Å². The van der Waals surface area contributed by atoms with Gasteiger partial charge in [0, 0.05) is 50.9 Å². The molecule has 2 aromatic rings. The van der Waals surface area contributed by atoms with Gasteiger partial charge in [-0.15, -0.1) is 23.7 Å². The summed E-state index contributed by atoms with van der Waals surface area (Å²) in [5.41, 5.74) is 1.01. The summed E-state index contributed by atoms with van der Waals surface area (Å²) in [4.78, 5) is 22.5. The first-order chi connectivity index (χ1) is 12.7. The number of rotatable bonds is 4. The van der Waals surface area contributed by atoms with Crippen molar-refractivity contribution in [3.63, 3.8) is 0 Å². The van der Waals surface area contributed by atoms with Crippen LogP contribution >= 0.6 is 23.7 Å². The Morgan fingerprint density at radius 3 is 2.67 bits per heavy atom. The van der Waals surface area contributed by atoms with Crippen LogP contribution in [0.2, 0.25) is 0 Å². The van der Waals surface area contributed by atoms with Crippen LogP contribution in [0.3, 0.4) is 0 Å². The zero-order valence-corrected chi connectivity index (χ0v) is 17.0.